The number of esters is 5. The van der Waals surface area contributed by atoms with E-state index in [0.717, 1.165) is 172 Å². The van der Waals surface area contributed by atoms with Crippen LogP contribution in [0.5, 0.6) is 0 Å². The largest absolute Gasteiger partial charge is 0.488 e. The summed E-state index contributed by atoms with van der Waals surface area (Å²) in [4.78, 5) is 107. The third-order valence-electron chi connectivity index (χ3n) is 25.4. The molecule has 141 heavy (non-hydrogen) atoms. The van der Waals surface area contributed by atoms with Crippen molar-refractivity contribution in [2.24, 2.45) is 0 Å². The minimum Gasteiger partial charge on any atom is -0.478 e. The number of carbonyl (C=O) groups excluding carboxylic acids is 5. The summed E-state index contributed by atoms with van der Waals surface area (Å²) in [5, 5.41) is 75.0. The third-order valence-corrected chi connectivity index (χ3v) is 28.0. The van der Waals surface area contributed by atoms with Crippen molar-refractivity contribution in [3.05, 3.63) is 396 Å². The highest BCUT2D eigenvalue weighted by Gasteiger charge is 2.28. The van der Waals surface area contributed by atoms with Gasteiger partial charge in [0.25, 0.3) is 0 Å². The minimum absolute atomic E-state index is 0.156. The van der Waals surface area contributed by atoms with Crippen molar-refractivity contribution in [3.8, 4) is 89.0 Å². The molecule has 21 aromatic rings. The Bertz CT molecular complexity index is 7700. The van der Waals surface area contributed by atoms with Crippen LogP contribution in [0, 0.1) is 0 Å². The summed E-state index contributed by atoms with van der Waals surface area (Å²) in [5.41, 5.74) is 17.1. The van der Waals surface area contributed by atoms with E-state index >= 15 is 0 Å². The molecule has 21 rings (SSSR count). The van der Waals surface area contributed by atoms with Crippen molar-refractivity contribution in [3.63, 3.8) is 0 Å². The maximum absolute atomic E-state index is 12.4. The van der Waals surface area contributed by atoms with E-state index in [2.05, 4.69) is 141 Å². The van der Waals surface area contributed by atoms with E-state index in [4.69, 9.17) is 29.0 Å². The first kappa shape index (κ1) is 95.2. The molecule has 6 N–H and O–H groups in total. The molecular formula is C116H75BBr4O20. The summed E-state index contributed by atoms with van der Waals surface area (Å²) in [5.74, 6) is -6.25. The van der Waals surface area contributed by atoms with Gasteiger partial charge in [0.15, 0.2) is 0 Å². The molecule has 0 aliphatic carbocycles. The first-order valence-corrected chi connectivity index (χ1v) is 46.8. The van der Waals surface area contributed by atoms with E-state index in [1.54, 1.807) is 146 Å². The average molecular weight is 2120 g/mol. The number of hydrogen-bond acceptors (Lipinski definition) is 16. The van der Waals surface area contributed by atoms with Gasteiger partial charge in [0.2, 0.25) is 0 Å². The van der Waals surface area contributed by atoms with Crippen molar-refractivity contribution in [2.45, 2.75) is 0 Å². The van der Waals surface area contributed by atoms with Crippen LogP contribution < -0.4 is 5.46 Å². The van der Waals surface area contributed by atoms with Gasteiger partial charge in [0.05, 0.1) is 85.6 Å². The van der Waals surface area contributed by atoms with Gasteiger partial charge in [-0.1, -0.05) is 246 Å². The van der Waals surface area contributed by atoms with Gasteiger partial charge in [-0.15, -0.1) is 0 Å². The van der Waals surface area contributed by atoms with Gasteiger partial charge in [-0.05, 0) is 337 Å². The monoisotopic (exact) mass is 2110 g/mol. The van der Waals surface area contributed by atoms with Gasteiger partial charge >= 0.3 is 60.8 Å². The first-order valence-electron chi connectivity index (χ1n) is 43.7. The number of aromatic carboxylic acids is 4. The number of halogens is 4. The lowest BCUT2D eigenvalue weighted by Gasteiger charge is -2.21. The lowest BCUT2D eigenvalue weighted by Crippen LogP contribution is -2.29. The van der Waals surface area contributed by atoms with Gasteiger partial charge in [-0.2, -0.15) is 0 Å². The Morgan fingerprint density at radius 2 is 0.326 bits per heavy atom. The molecule has 0 unspecified atom stereocenters. The summed E-state index contributed by atoms with van der Waals surface area (Å²) in [6.45, 7) is 0. The van der Waals surface area contributed by atoms with Gasteiger partial charge < -0.3 is 54.2 Å². The SMILES string of the molecule is Brc1cc(Br)c2ccc3c(Br)cc(Br)c4ccc1c2c43.COC(=O)c1ccc(-c2cc(-c3ccc(C(=O)OC)cc3)c3ccc4c(-c5ccc(C(=O)OC)cc5)cc(-c5ccc(C(=O)OC)cc5)c5ccc2c3c54)cc1.COC(=O)c1ccc(B(O)O)cc1.O=C(O)c1ccc(-c2cc(-c3ccc(C(=O)O)cc3)c3ccc4c(-c5ccc(C(=O)O)cc5)cc(-c5ccc(C(=O)O)cc5)c5ccc2c3c54)cc1. The van der Waals surface area contributed by atoms with Gasteiger partial charge in [-0.3, -0.25) is 0 Å². The number of rotatable bonds is 18. The van der Waals surface area contributed by atoms with Crippen molar-refractivity contribution in [1.29, 1.82) is 0 Å². The van der Waals surface area contributed by atoms with Crippen LogP contribution >= 0.6 is 63.7 Å². The molecule has 20 nitrogen and oxygen atoms in total. The maximum Gasteiger partial charge on any atom is 0.488 e. The fourth-order valence-electron chi connectivity index (χ4n) is 18.4. The van der Waals surface area contributed by atoms with E-state index in [1.165, 1.54) is 92.1 Å². The highest BCUT2D eigenvalue weighted by Crippen LogP contribution is 2.53. The molecule has 0 aliphatic rings. The molecule has 0 fully saturated rings. The number of carbonyl (C=O) groups is 9. The second-order valence-electron chi connectivity index (χ2n) is 33.1. The fourth-order valence-corrected chi connectivity index (χ4v) is 21.3. The molecule has 0 atom stereocenters. The predicted octanol–water partition coefficient (Wildman–Crippen LogP) is 27.2. The van der Waals surface area contributed by atoms with Crippen molar-refractivity contribution < 1.29 is 97.3 Å². The summed E-state index contributed by atoms with van der Waals surface area (Å²) >= 11 is 14.7. The molecule has 0 heterocycles. The zero-order valence-electron chi connectivity index (χ0n) is 75.2. The van der Waals surface area contributed by atoms with Crippen LogP contribution in [0.2, 0.25) is 0 Å². The predicted molar refractivity (Wildman–Crippen MR) is 566 cm³/mol. The first-order chi connectivity index (χ1) is 68.0. The van der Waals surface area contributed by atoms with Crippen LogP contribution in [0.25, 0.3) is 186 Å². The molecule has 0 saturated heterocycles. The molecule has 0 aliphatic heterocycles. The molecule has 0 amide bonds. The lowest BCUT2D eigenvalue weighted by molar-refractivity contribution is 0.0592. The minimum atomic E-state index is -1.51. The average Bonchev–Trinajstić information content (AvgIpc) is 0.716. The quantitative estimate of drug-likeness (QED) is 0.0201. The Morgan fingerprint density at radius 3 is 0.468 bits per heavy atom. The molecule has 690 valence electrons. The molecule has 25 heteroatoms. The van der Waals surface area contributed by atoms with Gasteiger partial charge in [-0.25, -0.2) is 43.2 Å². The van der Waals surface area contributed by atoms with Crippen LogP contribution in [0.4, 0.5) is 0 Å². The number of ether oxygens (including phenoxy) is 5. The van der Waals surface area contributed by atoms with E-state index in [0.29, 0.717) is 33.3 Å². The Hall–Kier alpha value is -16.1. The molecule has 0 spiro atoms. The summed E-state index contributed by atoms with van der Waals surface area (Å²) < 4.78 is 28.8. The smallest absolute Gasteiger partial charge is 0.478 e. The van der Waals surface area contributed by atoms with Crippen LogP contribution in [-0.2, 0) is 23.7 Å². The standard InChI is InChI=1S/C48H34O8.C44H26O8.C16H6Br4.C8H9BO4/c1-53-45(49)31-13-5-27(6-14-31)39-25-40(28-7-15-32(16-8-28)46(50)54-2)36-23-24-38-42(30-11-19-34(20-12-30)48(52)56-4)26-41(37-22-21-35(39)43(36)44(37)38)29-9-17-33(18-10-29)47(51)55-3;45-41(46)27-9-1-23(2-10-27)35-21-36(24-3-11-28(12-4-24)42(47)48)32-19-20-34-38(26-7-15-30(16-8-26)44(51)52)22-37(25-5-13-29(14-6-25)43(49)50)33-18-17-31(35)39(32)40(33)34;17-11-5-13(19)9-3-4-10-14(20)6-12(18)8-2-1-7(11)15(9)16(8)10;1-13-8(10)6-2-4-7(5-3-6)9(11)12/h5-26H,1-4H3;1-22H,(H,45,46)(H,47,48)(H,49,50)(H,51,52);1-6H;2-5,11-12H,1H3. The number of hydrogen-bond donors (Lipinski definition) is 6. The van der Waals surface area contributed by atoms with Crippen LogP contribution in [-0.4, -0.2) is 127 Å². The van der Waals surface area contributed by atoms with Crippen LogP contribution in [0.3, 0.4) is 0 Å². The van der Waals surface area contributed by atoms with E-state index in [9.17, 15) is 63.6 Å². The molecule has 0 saturated carbocycles. The fraction of sp³-hybridized carbons (Fsp3) is 0.0431. The van der Waals surface area contributed by atoms with E-state index in [-0.39, 0.29) is 22.3 Å². The number of methoxy groups -OCH3 is 5. The Kier molecular flexibility index (Phi) is 26.8. The van der Waals surface area contributed by atoms with E-state index < -0.39 is 60.8 Å². The Labute approximate surface area is 837 Å². The highest BCUT2D eigenvalue weighted by molar-refractivity contribution is 9.11. The number of carboxylic acids is 4. The molecule has 0 aromatic heterocycles. The summed E-state index contributed by atoms with van der Waals surface area (Å²) in [6, 6.07) is 100. The zero-order valence-corrected chi connectivity index (χ0v) is 81.5. The lowest BCUT2D eigenvalue weighted by atomic mass is 9.80. The maximum atomic E-state index is 12.4. The molecule has 0 bridgehead atoms. The van der Waals surface area contributed by atoms with Crippen molar-refractivity contribution >= 4 is 227 Å². The molecule has 21 aromatic carbocycles. The van der Waals surface area contributed by atoms with Crippen LogP contribution in [0.15, 0.2) is 345 Å². The topological polar surface area (TPSA) is 321 Å². The van der Waals surface area contributed by atoms with Crippen molar-refractivity contribution in [1.82, 2.24) is 0 Å². The van der Waals surface area contributed by atoms with Gasteiger partial charge in [0.1, 0.15) is 0 Å². The molecular weight excluding hydrogens is 2040 g/mol. The third kappa shape index (κ3) is 18.2. The zero-order chi connectivity index (χ0) is 99.2. The normalized spacial score (nSPS) is 11.2. The molecule has 0 radical (unpaired) electrons. The second kappa shape index (κ2) is 39.8. The van der Waals surface area contributed by atoms with Crippen molar-refractivity contribution in [2.75, 3.05) is 35.5 Å². The highest BCUT2D eigenvalue weighted by atomic mass is 79.9. The Balaban J connectivity index is 0.000000141. The Morgan fingerprint density at radius 1 is 0.191 bits per heavy atom. The number of benzene rings is 21. The second-order valence-corrected chi connectivity index (χ2v) is 36.5. The number of carboxylic acid groups (broad SMARTS) is 4. The van der Waals surface area contributed by atoms with E-state index in [1.807, 2.05) is 84.9 Å². The van der Waals surface area contributed by atoms with Gasteiger partial charge in [0, 0.05) is 17.9 Å². The van der Waals surface area contributed by atoms with Crippen LogP contribution in [0.1, 0.15) is 93.2 Å². The summed E-state index contributed by atoms with van der Waals surface area (Å²) in [7, 11) is 5.22. The summed E-state index contributed by atoms with van der Waals surface area (Å²) in [6.07, 6.45) is 0.